The first-order valence-electron chi connectivity index (χ1n) is 11.2. The predicted molar refractivity (Wildman–Crippen MR) is 132 cm³/mol. The van der Waals surface area contributed by atoms with Gasteiger partial charge in [0.2, 0.25) is 0 Å². The second-order valence-corrected chi connectivity index (χ2v) is 9.26. The molecule has 3 aromatic rings. The molecule has 35 heavy (non-hydrogen) atoms. The maximum absolute atomic E-state index is 13.2. The average Bonchev–Trinajstić information content (AvgIpc) is 3.32. The Hall–Kier alpha value is -3.62. The van der Waals surface area contributed by atoms with Crippen LogP contribution in [0.3, 0.4) is 0 Å². The van der Waals surface area contributed by atoms with Gasteiger partial charge in [0.25, 0.3) is 11.9 Å². The molecule has 1 fully saturated rings. The summed E-state index contributed by atoms with van der Waals surface area (Å²) in [7, 11) is 1.53. The van der Waals surface area contributed by atoms with Crippen LogP contribution in [0, 0.1) is 10.1 Å². The number of hydrogen-bond donors (Lipinski definition) is 2. The molecule has 0 saturated carbocycles. The number of amides is 1. The number of carbonyl (C=O) groups excluding carboxylic acids is 1. The molecule has 8 nitrogen and oxygen atoms in total. The number of carbonyl (C=O) groups is 1. The highest BCUT2D eigenvalue weighted by molar-refractivity contribution is 6.30. The van der Waals surface area contributed by atoms with Gasteiger partial charge in [-0.2, -0.15) is 0 Å². The predicted octanol–water partition coefficient (Wildman–Crippen LogP) is 4.50. The molecule has 2 N–H and O–H groups in total. The number of methoxy groups -OCH3 is 1. The van der Waals surface area contributed by atoms with E-state index in [1.807, 2.05) is 19.1 Å². The SMILES string of the molecule is COc1cc([C@@H]2[C@H](C)N[C@]3(C(=O)Nc4ccccc43)[C@H]2[N+](=O)[O-])ccc1OCc1ccc(Cl)cc1. The quantitative estimate of drug-likeness (QED) is 0.387. The number of halogens is 1. The third-order valence-electron chi connectivity index (χ3n) is 6.84. The number of nitro groups is 1. The molecule has 180 valence electrons. The largest absolute Gasteiger partial charge is 0.493 e. The van der Waals surface area contributed by atoms with Crippen LogP contribution in [-0.2, 0) is 16.9 Å². The van der Waals surface area contributed by atoms with E-state index in [0.717, 1.165) is 5.56 Å². The van der Waals surface area contributed by atoms with Crippen LogP contribution in [0.5, 0.6) is 11.5 Å². The van der Waals surface area contributed by atoms with Crippen LogP contribution in [0.25, 0.3) is 0 Å². The van der Waals surface area contributed by atoms with Gasteiger partial charge in [0, 0.05) is 27.2 Å². The number of nitrogens with one attached hydrogen (secondary N) is 2. The van der Waals surface area contributed by atoms with Crippen LogP contribution in [0.4, 0.5) is 5.69 Å². The van der Waals surface area contributed by atoms with Crippen LogP contribution in [0.2, 0.25) is 5.02 Å². The average molecular weight is 494 g/mol. The topological polar surface area (TPSA) is 103 Å². The highest BCUT2D eigenvalue weighted by atomic mass is 35.5. The van der Waals surface area contributed by atoms with Crippen LogP contribution in [0.15, 0.2) is 66.7 Å². The maximum Gasteiger partial charge on any atom is 0.256 e. The summed E-state index contributed by atoms with van der Waals surface area (Å²) in [6, 6.07) is 18.2. The number of fused-ring (bicyclic) bond motifs is 2. The molecule has 0 radical (unpaired) electrons. The number of hydrogen-bond acceptors (Lipinski definition) is 6. The number of ether oxygens (including phenoxy) is 2. The van der Waals surface area contributed by atoms with Gasteiger partial charge in [-0.15, -0.1) is 0 Å². The van der Waals surface area contributed by atoms with Gasteiger partial charge in [-0.25, -0.2) is 0 Å². The summed E-state index contributed by atoms with van der Waals surface area (Å²) < 4.78 is 11.5. The fourth-order valence-electron chi connectivity index (χ4n) is 5.31. The first kappa shape index (κ1) is 23.1. The van der Waals surface area contributed by atoms with Gasteiger partial charge < -0.3 is 14.8 Å². The molecular formula is C26H24ClN3O5. The molecule has 1 spiro atoms. The lowest BCUT2D eigenvalue weighted by atomic mass is 9.78. The molecule has 2 aliphatic heterocycles. The zero-order chi connectivity index (χ0) is 24.7. The summed E-state index contributed by atoms with van der Waals surface area (Å²) in [5, 5.41) is 19.2. The van der Waals surface area contributed by atoms with E-state index in [-0.39, 0.29) is 11.0 Å². The van der Waals surface area contributed by atoms with E-state index in [1.165, 1.54) is 7.11 Å². The lowest BCUT2D eigenvalue weighted by molar-refractivity contribution is -0.532. The Kier molecular flexibility index (Phi) is 5.86. The summed E-state index contributed by atoms with van der Waals surface area (Å²) >= 11 is 5.94. The van der Waals surface area contributed by atoms with Gasteiger partial charge >= 0.3 is 0 Å². The summed E-state index contributed by atoms with van der Waals surface area (Å²) in [6.07, 6.45) is 0. The van der Waals surface area contributed by atoms with Crippen molar-refractivity contribution in [2.24, 2.45) is 0 Å². The zero-order valence-electron chi connectivity index (χ0n) is 19.2. The number of rotatable bonds is 6. The fraction of sp³-hybridized carbons (Fsp3) is 0.269. The van der Waals surface area contributed by atoms with E-state index < -0.39 is 23.4 Å². The third-order valence-corrected chi connectivity index (χ3v) is 7.10. The maximum atomic E-state index is 13.2. The number of anilines is 1. The zero-order valence-corrected chi connectivity index (χ0v) is 19.9. The van der Waals surface area contributed by atoms with Crippen LogP contribution >= 0.6 is 11.6 Å². The minimum atomic E-state index is -1.46. The smallest absolute Gasteiger partial charge is 0.256 e. The monoisotopic (exact) mass is 493 g/mol. The minimum Gasteiger partial charge on any atom is -0.493 e. The van der Waals surface area contributed by atoms with Gasteiger partial charge in [-0.1, -0.05) is 48.0 Å². The molecule has 2 heterocycles. The van der Waals surface area contributed by atoms with Crippen LogP contribution in [-0.4, -0.2) is 30.0 Å². The number of benzene rings is 3. The summed E-state index contributed by atoms with van der Waals surface area (Å²) in [6.45, 7) is 2.17. The highest BCUT2D eigenvalue weighted by Crippen LogP contribution is 2.50. The molecule has 2 aliphatic rings. The van der Waals surface area contributed by atoms with Gasteiger partial charge in [-0.05, 0) is 48.4 Å². The Morgan fingerprint density at radius 2 is 1.83 bits per heavy atom. The van der Waals surface area contributed by atoms with Gasteiger partial charge in [0.15, 0.2) is 17.0 Å². The van der Waals surface area contributed by atoms with E-state index in [0.29, 0.717) is 39.9 Å². The molecule has 4 atom stereocenters. The second-order valence-electron chi connectivity index (χ2n) is 8.82. The van der Waals surface area contributed by atoms with Crippen LogP contribution < -0.4 is 20.1 Å². The van der Waals surface area contributed by atoms with Gasteiger partial charge in [0.1, 0.15) is 6.61 Å². The van der Waals surface area contributed by atoms with E-state index >= 15 is 0 Å². The summed E-state index contributed by atoms with van der Waals surface area (Å²) in [5.41, 5.74) is 1.36. The second kappa shape index (κ2) is 8.87. The molecular weight excluding hydrogens is 470 g/mol. The van der Waals surface area contributed by atoms with Crippen molar-refractivity contribution in [3.63, 3.8) is 0 Å². The number of nitrogens with zero attached hydrogens (tertiary/aromatic N) is 1. The Balaban J connectivity index is 1.48. The lowest BCUT2D eigenvalue weighted by Gasteiger charge is -2.25. The lowest BCUT2D eigenvalue weighted by Crippen LogP contribution is -2.54. The van der Waals surface area contributed by atoms with Crippen molar-refractivity contribution < 1.29 is 19.2 Å². The molecule has 3 aromatic carbocycles. The Labute approximate surface area is 207 Å². The standard InChI is InChI=1S/C26H24ClN3O5/c1-15-23(24(30(32)33)26(29-15)19-5-3-4-6-20(19)28-25(26)31)17-9-12-21(22(13-17)34-2)35-14-16-7-10-18(27)11-8-16/h3-13,15,23-24,29H,14H2,1-2H3,(H,28,31)/t15-,23-,24-,26-/m0/s1. The van der Waals surface area contributed by atoms with E-state index in [9.17, 15) is 14.9 Å². The Morgan fingerprint density at radius 3 is 2.54 bits per heavy atom. The van der Waals surface area contributed by atoms with E-state index in [1.54, 1.807) is 54.6 Å². The third kappa shape index (κ3) is 3.79. The van der Waals surface area contributed by atoms with Crippen LogP contribution in [0.1, 0.15) is 29.5 Å². The molecule has 1 amide bonds. The normalized spacial score (nSPS) is 24.8. The van der Waals surface area contributed by atoms with Crippen molar-refractivity contribution in [3.05, 3.63) is 98.6 Å². The van der Waals surface area contributed by atoms with Crippen molar-refractivity contribution in [1.29, 1.82) is 0 Å². The van der Waals surface area contributed by atoms with E-state index in [2.05, 4.69) is 10.6 Å². The fourth-order valence-corrected chi connectivity index (χ4v) is 5.43. The van der Waals surface area contributed by atoms with Crippen molar-refractivity contribution in [2.45, 2.75) is 37.1 Å². The molecule has 0 aromatic heterocycles. The summed E-state index contributed by atoms with van der Waals surface area (Å²) in [4.78, 5) is 25.3. The van der Waals surface area contributed by atoms with Gasteiger partial charge in [-0.3, -0.25) is 20.2 Å². The first-order chi connectivity index (χ1) is 16.8. The molecule has 1 saturated heterocycles. The first-order valence-corrected chi connectivity index (χ1v) is 11.6. The Morgan fingerprint density at radius 1 is 1.09 bits per heavy atom. The summed E-state index contributed by atoms with van der Waals surface area (Å²) in [5.74, 6) is -0.0186. The number of para-hydroxylation sites is 1. The van der Waals surface area contributed by atoms with Crippen molar-refractivity contribution in [1.82, 2.24) is 5.32 Å². The van der Waals surface area contributed by atoms with E-state index in [4.69, 9.17) is 21.1 Å². The van der Waals surface area contributed by atoms with Crippen molar-refractivity contribution in [2.75, 3.05) is 12.4 Å². The molecule has 5 rings (SSSR count). The molecule has 9 heteroatoms. The molecule has 0 bridgehead atoms. The highest BCUT2D eigenvalue weighted by Gasteiger charge is 2.67. The molecule has 0 aliphatic carbocycles. The molecule has 0 unspecified atom stereocenters. The van der Waals surface area contributed by atoms with Crippen molar-refractivity contribution >= 4 is 23.2 Å². The van der Waals surface area contributed by atoms with Gasteiger partial charge in [0.05, 0.1) is 13.0 Å². The van der Waals surface area contributed by atoms with Crippen molar-refractivity contribution in [3.8, 4) is 11.5 Å². The minimum absolute atomic E-state index is 0.311. The Bertz CT molecular complexity index is 1300.